The summed E-state index contributed by atoms with van der Waals surface area (Å²) >= 11 is 0. The third kappa shape index (κ3) is 2.00. The maximum Gasteiger partial charge on any atom is 0.341 e. The number of hydrogen-bond acceptors (Lipinski definition) is 4. The van der Waals surface area contributed by atoms with Crippen molar-refractivity contribution in [3.8, 4) is 0 Å². The number of aryl methyl sites for hydroxylation is 2. The average Bonchev–Trinajstić information content (AvgIpc) is 2.91. The predicted octanol–water partition coefficient (Wildman–Crippen LogP) is 0.711. The number of aromatic carboxylic acids is 1. The number of piperazine rings is 1. The van der Waals surface area contributed by atoms with E-state index in [4.69, 9.17) is 0 Å². The molecule has 1 atom stereocenters. The molecule has 2 aliphatic heterocycles. The van der Waals surface area contributed by atoms with Crippen molar-refractivity contribution in [2.24, 2.45) is 7.05 Å². The highest BCUT2D eigenvalue weighted by Gasteiger charge is 2.34. The minimum atomic E-state index is -0.880. The van der Waals surface area contributed by atoms with E-state index in [1.165, 1.54) is 19.4 Å². The van der Waals surface area contributed by atoms with Crippen LogP contribution in [0.2, 0.25) is 0 Å². The molecule has 0 aliphatic carbocycles. The van der Waals surface area contributed by atoms with Crippen molar-refractivity contribution in [1.29, 1.82) is 0 Å². The van der Waals surface area contributed by atoms with Crippen LogP contribution in [0.4, 0.5) is 5.82 Å². The lowest BCUT2D eigenvalue weighted by molar-refractivity contribution is 0.0696. The van der Waals surface area contributed by atoms with Crippen LogP contribution in [-0.2, 0) is 7.05 Å². The van der Waals surface area contributed by atoms with E-state index in [2.05, 4.69) is 14.9 Å². The van der Waals surface area contributed by atoms with Gasteiger partial charge in [0.25, 0.3) is 0 Å². The third-order valence-electron chi connectivity index (χ3n) is 4.29. The van der Waals surface area contributed by atoms with Crippen LogP contribution >= 0.6 is 0 Å². The summed E-state index contributed by atoms with van der Waals surface area (Å²) in [7, 11) is 1.83. The summed E-state index contributed by atoms with van der Waals surface area (Å²) in [5, 5.41) is 13.7. The van der Waals surface area contributed by atoms with Gasteiger partial charge in [-0.15, -0.1) is 0 Å². The van der Waals surface area contributed by atoms with Gasteiger partial charge in [-0.25, -0.2) is 4.79 Å². The first-order valence-electron chi connectivity index (χ1n) is 6.84. The summed E-state index contributed by atoms with van der Waals surface area (Å²) in [6, 6.07) is 0.575. The predicted molar refractivity (Wildman–Crippen MR) is 71.7 cm³/mol. The molecule has 1 N–H and O–H groups in total. The SMILES string of the molecule is Cc1nn(C)c(N2CCN3CCCC3C2)c1C(=O)O. The molecule has 2 aliphatic rings. The number of hydrogen-bond donors (Lipinski definition) is 1. The lowest BCUT2D eigenvalue weighted by Gasteiger charge is -2.38. The van der Waals surface area contributed by atoms with Crippen LogP contribution in [-0.4, -0.2) is 58.0 Å². The first kappa shape index (κ1) is 12.5. The second-order valence-electron chi connectivity index (χ2n) is 5.49. The standard InChI is InChI=1S/C13H20N4O2/c1-9-11(13(18)19)12(15(2)14-9)17-7-6-16-5-3-4-10(16)8-17/h10H,3-8H2,1-2H3,(H,18,19). The fourth-order valence-electron chi connectivity index (χ4n) is 3.44. The molecule has 6 nitrogen and oxygen atoms in total. The van der Waals surface area contributed by atoms with Crippen molar-refractivity contribution < 1.29 is 9.90 Å². The molecule has 1 unspecified atom stereocenters. The number of carboxylic acid groups (broad SMARTS) is 1. The fourth-order valence-corrected chi connectivity index (χ4v) is 3.44. The van der Waals surface area contributed by atoms with Crippen molar-refractivity contribution in [3.63, 3.8) is 0 Å². The van der Waals surface area contributed by atoms with Gasteiger partial charge in [0.05, 0.1) is 5.69 Å². The molecule has 0 amide bonds. The molecule has 1 aromatic heterocycles. The van der Waals surface area contributed by atoms with Gasteiger partial charge in [0.15, 0.2) is 0 Å². The number of nitrogens with zero attached hydrogens (tertiary/aromatic N) is 4. The minimum Gasteiger partial charge on any atom is -0.477 e. The van der Waals surface area contributed by atoms with E-state index < -0.39 is 5.97 Å². The van der Waals surface area contributed by atoms with Crippen molar-refractivity contribution in [2.45, 2.75) is 25.8 Å². The highest BCUT2D eigenvalue weighted by molar-refractivity contribution is 5.94. The Balaban J connectivity index is 1.92. The van der Waals surface area contributed by atoms with E-state index in [-0.39, 0.29) is 0 Å². The van der Waals surface area contributed by atoms with E-state index in [0.717, 1.165) is 25.5 Å². The monoisotopic (exact) mass is 264 g/mol. The molecule has 2 saturated heterocycles. The lowest BCUT2D eigenvalue weighted by Crippen LogP contribution is -2.51. The van der Waals surface area contributed by atoms with E-state index in [1.54, 1.807) is 11.6 Å². The van der Waals surface area contributed by atoms with E-state index in [9.17, 15) is 9.90 Å². The van der Waals surface area contributed by atoms with Crippen molar-refractivity contribution in [2.75, 3.05) is 31.1 Å². The number of aromatic nitrogens is 2. The Bertz CT molecular complexity index is 511. The summed E-state index contributed by atoms with van der Waals surface area (Å²) in [6.45, 7) is 5.77. The van der Waals surface area contributed by atoms with Crippen molar-refractivity contribution in [1.82, 2.24) is 14.7 Å². The molecule has 104 valence electrons. The molecule has 1 aromatic rings. The zero-order valence-electron chi connectivity index (χ0n) is 11.5. The van der Waals surface area contributed by atoms with Gasteiger partial charge in [-0.1, -0.05) is 0 Å². The Kier molecular flexibility index (Phi) is 2.97. The number of fused-ring (bicyclic) bond motifs is 1. The van der Waals surface area contributed by atoms with Crippen LogP contribution in [0.15, 0.2) is 0 Å². The second kappa shape index (κ2) is 4.52. The Labute approximate surface area is 112 Å². The molecule has 3 heterocycles. The zero-order valence-corrected chi connectivity index (χ0v) is 11.5. The van der Waals surface area contributed by atoms with Crippen LogP contribution < -0.4 is 4.90 Å². The third-order valence-corrected chi connectivity index (χ3v) is 4.29. The van der Waals surface area contributed by atoms with Crippen LogP contribution in [0.25, 0.3) is 0 Å². The molecule has 0 radical (unpaired) electrons. The van der Waals surface area contributed by atoms with Gasteiger partial charge in [-0.2, -0.15) is 5.10 Å². The summed E-state index contributed by atoms with van der Waals surface area (Å²) in [4.78, 5) is 16.1. The second-order valence-corrected chi connectivity index (χ2v) is 5.49. The van der Waals surface area contributed by atoms with Gasteiger partial charge in [-0.05, 0) is 26.3 Å². The molecule has 2 fully saturated rings. The number of carboxylic acids is 1. The van der Waals surface area contributed by atoms with Crippen LogP contribution in [0.1, 0.15) is 28.9 Å². The molecule has 0 spiro atoms. The highest BCUT2D eigenvalue weighted by atomic mass is 16.4. The first-order chi connectivity index (χ1) is 9.08. The Morgan fingerprint density at radius 2 is 2.16 bits per heavy atom. The number of carbonyl (C=O) groups is 1. The van der Waals surface area contributed by atoms with Crippen LogP contribution in [0.3, 0.4) is 0 Å². The number of rotatable bonds is 2. The highest BCUT2D eigenvalue weighted by Crippen LogP contribution is 2.28. The summed E-state index contributed by atoms with van der Waals surface area (Å²) in [6.07, 6.45) is 2.48. The van der Waals surface area contributed by atoms with E-state index >= 15 is 0 Å². The van der Waals surface area contributed by atoms with Gasteiger partial charge in [0.1, 0.15) is 11.4 Å². The summed E-state index contributed by atoms with van der Waals surface area (Å²) < 4.78 is 1.71. The van der Waals surface area contributed by atoms with E-state index in [1.807, 2.05) is 7.05 Å². The Morgan fingerprint density at radius 1 is 1.37 bits per heavy atom. The molecule has 6 heteroatoms. The van der Waals surface area contributed by atoms with Crippen LogP contribution in [0.5, 0.6) is 0 Å². The van der Waals surface area contributed by atoms with Crippen molar-refractivity contribution >= 4 is 11.8 Å². The fraction of sp³-hybridized carbons (Fsp3) is 0.692. The van der Waals surface area contributed by atoms with Gasteiger partial charge in [0.2, 0.25) is 0 Å². The minimum absolute atomic E-state index is 0.356. The van der Waals surface area contributed by atoms with Gasteiger partial charge < -0.3 is 10.0 Å². The van der Waals surface area contributed by atoms with E-state index in [0.29, 0.717) is 17.3 Å². The quantitative estimate of drug-likeness (QED) is 0.852. The molecule has 0 saturated carbocycles. The summed E-state index contributed by atoms with van der Waals surface area (Å²) in [5.74, 6) is -0.119. The lowest BCUT2D eigenvalue weighted by atomic mass is 10.1. The maximum absolute atomic E-state index is 11.4. The maximum atomic E-state index is 11.4. The van der Waals surface area contributed by atoms with Crippen molar-refractivity contribution in [3.05, 3.63) is 11.3 Å². The molecule has 0 aromatic carbocycles. The topological polar surface area (TPSA) is 61.6 Å². The molecule has 3 rings (SSSR count). The number of anilines is 1. The largest absolute Gasteiger partial charge is 0.477 e. The Morgan fingerprint density at radius 3 is 2.89 bits per heavy atom. The summed E-state index contributed by atoms with van der Waals surface area (Å²) in [5.41, 5.74) is 0.952. The Hall–Kier alpha value is -1.56. The van der Waals surface area contributed by atoms with Gasteiger partial charge in [0, 0.05) is 32.7 Å². The smallest absolute Gasteiger partial charge is 0.341 e. The normalized spacial score (nSPS) is 23.7. The molecular weight excluding hydrogens is 244 g/mol. The van der Waals surface area contributed by atoms with Gasteiger partial charge in [-0.3, -0.25) is 9.58 Å². The molecule has 19 heavy (non-hydrogen) atoms. The zero-order chi connectivity index (χ0) is 13.6. The molecule has 0 bridgehead atoms. The van der Waals surface area contributed by atoms with Crippen LogP contribution in [0, 0.1) is 6.92 Å². The molecular formula is C13H20N4O2. The first-order valence-corrected chi connectivity index (χ1v) is 6.84. The average molecular weight is 264 g/mol. The van der Waals surface area contributed by atoms with Gasteiger partial charge >= 0.3 is 5.97 Å².